The van der Waals surface area contributed by atoms with E-state index in [0.29, 0.717) is 11.9 Å². The zero-order chi connectivity index (χ0) is 12.3. The molecule has 1 fully saturated rings. The summed E-state index contributed by atoms with van der Waals surface area (Å²) in [6.45, 7) is 0. The Labute approximate surface area is 98.4 Å². The Morgan fingerprint density at radius 2 is 2.18 bits per heavy atom. The minimum atomic E-state index is -0.592. The van der Waals surface area contributed by atoms with Gasteiger partial charge in [0.1, 0.15) is 11.9 Å². The van der Waals surface area contributed by atoms with Gasteiger partial charge in [-0.2, -0.15) is 5.26 Å². The fourth-order valence-electron chi connectivity index (χ4n) is 2.04. The summed E-state index contributed by atoms with van der Waals surface area (Å²) in [5.74, 6) is 0.541. The van der Waals surface area contributed by atoms with Crippen molar-refractivity contribution in [3.05, 3.63) is 27.9 Å². The summed E-state index contributed by atoms with van der Waals surface area (Å²) in [5, 5.41) is 22.6. The number of pyridine rings is 1. The molecule has 1 heterocycles. The monoisotopic (exact) mass is 232 g/mol. The summed E-state index contributed by atoms with van der Waals surface area (Å²) < 4.78 is 0. The van der Waals surface area contributed by atoms with Gasteiger partial charge >= 0.3 is 5.69 Å². The number of nitrogens with one attached hydrogen (secondary N) is 1. The highest BCUT2D eigenvalue weighted by molar-refractivity contribution is 5.50. The molecule has 1 aromatic heterocycles. The van der Waals surface area contributed by atoms with Crippen molar-refractivity contribution in [2.24, 2.45) is 0 Å². The maximum absolute atomic E-state index is 10.6. The van der Waals surface area contributed by atoms with Gasteiger partial charge in [-0.05, 0) is 18.9 Å². The predicted octanol–water partition coefficient (Wildman–Crippen LogP) is 2.22. The molecular weight excluding hydrogens is 220 g/mol. The summed E-state index contributed by atoms with van der Waals surface area (Å²) in [7, 11) is 0. The van der Waals surface area contributed by atoms with Gasteiger partial charge in [0.25, 0.3) is 0 Å². The van der Waals surface area contributed by atoms with E-state index in [9.17, 15) is 10.1 Å². The average Bonchev–Trinajstić information content (AvgIpc) is 2.81. The quantitative estimate of drug-likeness (QED) is 0.637. The first-order chi connectivity index (χ1) is 8.20. The maximum atomic E-state index is 10.6. The normalized spacial score (nSPS) is 15.5. The smallest absolute Gasteiger partial charge is 0.305 e. The van der Waals surface area contributed by atoms with Crippen LogP contribution in [0.2, 0.25) is 0 Å². The fraction of sp³-hybridized carbons (Fsp3) is 0.455. The van der Waals surface area contributed by atoms with E-state index in [2.05, 4.69) is 10.3 Å². The van der Waals surface area contributed by atoms with Crippen LogP contribution in [0.4, 0.5) is 11.5 Å². The van der Waals surface area contributed by atoms with Gasteiger partial charge in [0.2, 0.25) is 5.69 Å². The summed E-state index contributed by atoms with van der Waals surface area (Å²) >= 11 is 0. The lowest BCUT2D eigenvalue weighted by Crippen LogP contribution is -2.15. The number of nitro groups is 1. The maximum Gasteiger partial charge on any atom is 0.305 e. The van der Waals surface area contributed by atoms with Crippen molar-refractivity contribution >= 4 is 11.5 Å². The molecule has 17 heavy (non-hydrogen) atoms. The third kappa shape index (κ3) is 2.50. The Morgan fingerprint density at radius 3 is 2.76 bits per heavy atom. The van der Waals surface area contributed by atoms with Gasteiger partial charge in [0.15, 0.2) is 0 Å². The Morgan fingerprint density at radius 1 is 1.47 bits per heavy atom. The molecule has 1 saturated carbocycles. The number of aromatic nitrogens is 1. The standard InChI is InChI=1S/C11H12N4O2/c12-7-9-10(15(16)17)5-6-11(14-9)13-8-3-1-2-4-8/h5-6,8H,1-4H2,(H,13,14). The predicted molar refractivity (Wildman–Crippen MR) is 61.5 cm³/mol. The molecule has 88 valence electrons. The van der Waals surface area contributed by atoms with Crippen LogP contribution < -0.4 is 5.32 Å². The second kappa shape index (κ2) is 4.78. The minimum Gasteiger partial charge on any atom is -0.367 e. The fourth-order valence-corrected chi connectivity index (χ4v) is 2.04. The highest BCUT2D eigenvalue weighted by atomic mass is 16.6. The first kappa shape index (κ1) is 11.3. The summed E-state index contributed by atoms with van der Waals surface area (Å²) in [6, 6.07) is 5.00. The number of anilines is 1. The van der Waals surface area contributed by atoms with Gasteiger partial charge in [-0.1, -0.05) is 12.8 Å². The van der Waals surface area contributed by atoms with Gasteiger partial charge in [0, 0.05) is 12.1 Å². The lowest BCUT2D eigenvalue weighted by molar-refractivity contribution is -0.385. The molecule has 0 atom stereocenters. The van der Waals surface area contributed by atoms with Crippen molar-refractivity contribution in [1.82, 2.24) is 4.98 Å². The van der Waals surface area contributed by atoms with Crippen molar-refractivity contribution < 1.29 is 4.92 Å². The van der Waals surface area contributed by atoms with Crippen LogP contribution in [0.15, 0.2) is 12.1 Å². The van der Waals surface area contributed by atoms with E-state index in [1.807, 2.05) is 0 Å². The van der Waals surface area contributed by atoms with Gasteiger partial charge in [-0.15, -0.1) is 0 Å². The van der Waals surface area contributed by atoms with Crippen molar-refractivity contribution in [3.63, 3.8) is 0 Å². The third-order valence-electron chi connectivity index (χ3n) is 2.88. The molecule has 2 rings (SSSR count). The average molecular weight is 232 g/mol. The Bertz CT molecular complexity index is 475. The van der Waals surface area contributed by atoms with Crippen LogP contribution in [0.1, 0.15) is 31.4 Å². The molecule has 0 radical (unpaired) electrons. The Hall–Kier alpha value is -2.16. The van der Waals surface area contributed by atoms with Gasteiger partial charge in [-0.25, -0.2) is 4.98 Å². The van der Waals surface area contributed by atoms with Crippen LogP contribution in [0.3, 0.4) is 0 Å². The molecule has 0 bridgehead atoms. The molecule has 0 spiro atoms. The van der Waals surface area contributed by atoms with Gasteiger partial charge in [0.05, 0.1) is 4.92 Å². The molecule has 6 nitrogen and oxygen atoms in total. The highest BCUT2D eigenvalue weighted by Crippen LogP contribution is 2.23. The van der Waals surface area contributed by atoms with E-state index in [1.54, 1.807) is 12.1 Å². The molecular formula is C11H12N4O2. The number of hydrogen-bond donors (Lipinski definition) is 1. The van der Waals surface area contributed by atoms with Crippen molar-refractivity contribution in [2.45, 2.75) is 31.7 Å². The van der Waals surface area contributed by atoms with Crippen molar-refractivity contribution in [2.75, 3.05) is 5.32 Å². The van der Waals surface area contributed by atoms with Crippen LogP contribution in [-0.2, 0) is 0 Å². The van der Waals surface area contributed by atoms with E-state index >= 15 is 0 Å². The molecule has 1 aromatic rings. The minimum absolute atomic E-state index is 0.141. The number of nitrogens with zero attached hydrogens (tertiary/aromatic N) is 3. The summed E-state index contributed by atoms with van der Waals surface area (Å²) in [4.78, 5) is 14.0. The first-order valence-electron chi connectivity index (χ1n) is 5.53. The molecule has 1 N–H and O–H groups in total. The van der Waals surface area contributed by atoms with E-state index in [0.717, 1.165) is 12.8 Å². The third-order valence-corrected chi connectivity index (χ3v) is 2.88. The van der Waals surface area contributed by atoms with Crippen LogP contribution in [0.25, 0.3) is 0 Å². The topological polar surface area (TPSA) is 91.8 Å². The second-order valence-electron chi connectivity index (χ2n) is 4.06. The lowest BCUT2D eigenvalue weighted by atomic mass is 10.2. The molecule has 1 aliphatic carbocycles. The molecule has 0 unspecified atom stereocenters. The Balaban J connectivity index is 2.19. The second-order valence-corrected chi connectivity index (χ2v) is 4.06. The highest BCUT2D eigenvalue weighted by Gasteiger charge is 2.18. The number of rotatable bonds is 3. The van der Waals surface area contributed by atoms with Gasteiger partial charge in [-0.3, -0.25) is 10.1 Å². The Kier molecular flexibility index (Phi) is 3.19. The molecule has 1 aliphatic rings. The van der Waals surface area contributed by atoms with E-state index < -0.39 is 4.92 Å². The van der Waals surface area contributed by atoms with Crippen molar-refractivity contribution in [1.29, 1.82) is 5.26 Å². The van der Waals surface area contributed by atoms with E-state index in [1.165, 1.54) is 18.9 Å². The van der Waals surface area contributed by atoms with Crippen LogP contribution >= 0.6 is 0 Å². The zero-order valence-electron chi connectivity index (χ0n) is 9.22. The van der Waals surface area contributed by atoms with Gasteiger partial charge < -0.3 is 5.32 Å². The molecule has 0 amide bonds. The molecule has 0 saturated heterocycles. The number of nitriles is 1. The van der Waals surface area contributed by atoms with Crippen molar-refractivity contribution in [3.8, 4) is 6.07 Å². The molecule has 6 heteroatoms. The van der Waals surface area contributed by atoms with Crippen LogP contribution in [-0.4, -0.2) is 15.9 Å². The summed E-state index contributed by atoms with van der Waals surface area (Å²) in [6.07, 6.45) is 4.55. The largest absolute Gasteiger partial charge is 0.367 e. The zero-order valence-corrected chi connectivity index (χ0v) is 9.22. The lowest BCUT2D eigenvalue weighted by Gasteiger charge is -2.12. The molecule has 0 aromatic carbocycles. The van der Waals surface area contributed by atoms with E-state index in [-0.39, 0.29) is 11.4 Å². The first-order valence-corrected chi connectivity index (χ1v) is 5.53. The van der Waals surface area contributed by atoms with Crippen LogP contribution in [0, 0.1) is 21.4 Å². The number of hydrogen-bond acceptors (Lipinski definition) is 5. The SMILES string of the molecule is N#Cc1nc(NC2CCCC2)ccc1[N+](=O)[O-]. The van der Waals surface area contributed by atoms with E-state index in [4.69, 9.17) is 5.26 Å². The van der Waals surface area contributed by atoms with Crippen LogP contribution in [0.5, 0.6) is 0 Å². The summed E-state index contributed by atoms with van der Waals surface area (Å²) in [5.41, 5.74) is -0.387. The molecule has 0 aliphatic heterocycles.